The molecule has 0 spiro atoms. The second-order valence-electron chi connectivity index (χ2n) is 5.73. The second kappa shape index (κ2) is 5.45. The molecule has 24 heavy (non-hydrogen) atoms. The fourth-order valence-corrected chi connectivity index (χ4v) is 2.78. The molecule has 0 saturated carbocycles. The van der Waals surface area contributed by atoms with Gasteiger partial charge in [-0.15, -0.1) is 0 Å². The van der Waals surface area contributed by atoms with Crippen LogP contribution in [0.1, 0.15) is 32.3 Å². The molecule has 0 unspecified atom stereocenters. The van der Waals surface area contributed by atoms with Crippen LogP contribution < -0.4 is 0 Å². The summed E-state index contributed by atoms with van der Waals surface area (Å²) in [7, 11) is -10.7. The minimum atomic E-state index is -10.7. The van der Waals surface area contributed by atoms with Gasteiger partial charge in [0.15, 0.2) is 5.71 Å². The van der Waals surface area contributed by atoms with Crippen molar-refractivity contribution >= 4 is 30.0 Å². The number of hydrogen-bond acceptors (Lipinski definition) is 0. The van der Waals surface area contributed by atoms with Gasteiger partial charge in [-0.2, -0.15) is 4.58 Å². The van der Waals surface area contributed by atoms with Crippen molar-refractivity contribution in [2.24, 2.45) is 0 Å². The van der Waals surface area contributed by atoms with Gasteiger partial charge in [-0.3, -0.25) is 0 Å². The first-order valence-electron chi connectivity index (χ1n) is 7.47. The van der Waals surface area contributed by atoms with Crippen molar-refractivity contribution in [1.82, 2.24) is 0 Å². The average Bonchev–Trinajstić information content (AvgIpc) is 2.69. The van der Waals surface area contributed by atoms with E-state index in [1.807, 2.05) is 0 Å². The van der Waals surface area contributed by atoms with Gasteiger partial charge in [-0.25, -0.2) is 0 Å². The number of benzene rings is 2. The molecule has 0 N–H and O–H groups in total. The van der Waals surface area contributed by atoms with Crippen molar-refractivity contribution in [3.05, 3.63) is 42.0 Å². The van der Waals surface area contributed by atoms with Gasteiger partial charge in [0.2, 0.25) is 5.69 Å². The van der Waals surface area contributed by atoms with Gasteiger partial charge in [-0.05, 0) is 11.5 Å². The fraction of sp³-hybridized carbons (Fsp3) is 0.312. The summed E-state index contributed by atoms with van der Waals surface area (Å²) >= 11 is 0. The molecular weight excluding hydrogens is 351 g/mol. The third kappa shape index (κ3) is 5.20. The molecule has 8 heteroatoms. The number of unbranched alkanes of at least 4 members (excludes halogenated alkanes) is 1. The van der Waals surface area contributed by atoms with Crippen LogP contribution in [0.4, 0.5) is 30.9 Å². The van der Waals surface area contributed by atoms with E-state index in [4.69, 9.17) is 0 Å². The van der Waals surface area contributed by atoms with E-state index < -0.39 is 7.81 Å². The van der Waals surface area contributed by atoms with E-state index in [2.05, 4.69) is 54.8 Å². The monoisotopic (exact) mass is 369 g/mol. The number of hydrogen-bond donors (Lipinski definition) is 0. The Balaban J connectivity index is 0.000000256. The van der Waals surface area contributed by atoms with Crippen LogP contribution in [-0.4, -0.2) is 16.8 Å². The molecule has 1 aliphatic heterocycles. The van der Waals surface area contributed by atoms with Crippen LogP contribution in [0, 0.1) is 0 Å². The van der Waals surface area contributed by atoms with Gasteiger partial charge in [0.05, 0.1) is 10.9 Å². The molecule has 2 aromatic rings. The van der Waals surface area contributed by atoms with Crippen LogP contribution in [0.15, 0.2) is 36.4 Å². The molecule has 0 aliphatic carbocycles. The third-order valence-corrected chi connectivity index (χ3v) is 3.70. The molecule has 0 bridgehead atoms. The summed E-state index contributed by atoms with van der Waals surface area (Å²) in [5.74, 6) is 0. The Morgan fingerprint density at radius 2 is 1.46 bits per heavy atom. The molecule has 1 nitrogen and oxygen atoms in total. The van der Waals surface area contributed by atoms with Crippen molar-refractivity contribution in [2.75, 3.05) is 6.54 Å². The van der Waals surface area contributed by atoms with Crippen molar-refractivity contribution in [1.29, 1.82) is 0 Å². The maximum absolute atomic E-state index is 10.7. The second-order valence-corrected chi connectivity index (χ2v) is 7.65. The zero-order chi connectivity index (χ0) is 18.2. The molecule has 0 radical (unpaired) electrons. The van der Waals surface area contributed by atoms with E-state index in [1.54, 1.807) is 0 Å². The predicted octanol–water partition coefficient (Wildman–Crippen LogP) is 7.49. The van der Waals surface area contributed by atoms with Crippen molar-refractivity contribution in [3.8, 4) is 0 Å². The Labute approximate surface area is 135 Å². The number of nitrogens with zero attached hydrogens (tertiary/aromatic N) is 1. The number of halogens is 6. The van der Waals surface area contributed by atoms with Crippen LogP contribution in [0.3, 0.4) is 0 Å². The van der Waals surface area contributed by atoms with E-state index in [0.29, 0.717) is 0 Å². The first-order chi connectivity index (χ1) is 10.8. The minimum absolute atomic E-state index is 1.14. The molecule has 0 saturated heterocycles. The zero-order valence-electron chi connectivity index (χ0n) is 13.2. The molecule has 0 atom stereocenters. The molecule has 0 fully saturated rings. The van der Waals surface area contributed by atoms with Crippen LogP contribution >= 0.6 is 7.81 Å². The molecule has 134 valence electrons. The first kappa shape index (κ1) is 18.7. The fourth-order valence-electron chi connectivity index (χ4n) is 2.78. The van der Waals surface area contributed by atoms with Crippen molar-refractivity contribution in [2.45, 2.75) is 26.7 Å². The molecular formula is C16H18F6NP. The van der Waals surface area contributed by atoms with E-state index in [0.717, 1.165) is 6.54 Å². The molecule has 3 rings (SSSR count). The normalized spacial score (nSPS) is 16.5. The van der Waals surface area contributed by atoms with Crippen LogP contribution in [-0.2, 0) is 0 Å². The van der Waals surface area contributed by atoms with E-state index in [-0.39, 0.29) is 0 Å². The summed E-state index contributed by atoms with van der Waals surface area (Å²) in [6.45, 7) is 5.62. The van der Waals surface area contributed by atoms with Crippen molar-refractivity contribution in [3.63, 3.8) is 0 Å². The van der Waals surface area contributed by atoms with Gasteiger partial charge in [0.1, 0.15) is 6.54 Å². The van der Waals surface area contributed by atoms with Crippen molar-refractivity contribution < 1.29 is 29.8 Å². The van der Waals surface area contributed by atoms with Gasteiger partial charge >= 0.3 is 33.0 Å². The van der Waals surface area contributed by atoms with Gasteiger partial charge in [-0.1, -0.05) is 37.6 Å². The summed E-state index contributed by atoms with van der Waals surface area (Å²) in [5, 5.41) is 2.79. The van der Waals surface area contributed by atoms with Gasteiger partial charge in [0, 0.05) is 19.4 Å². The Morgan fingerprint density at radius 3 is 2.00 bits per heavy atom. The number of rotatable bonds is 3. The van der Waals surface area contributed by atoms with E-state index in [1.165, 1.54) is 40.6 Å². The van der Waals surface area contributed by atoms with Crippen LogP contribution in [0.2, 0.25) is 0 Å². The van der Waals surface area contributed by atoms with Crippen LogP contribution in [0.25, 0.3) is 10.8 Å². The zero-order valence-corrected chi connectivity index (χ0v) is 14.1. The van der Waals surface area contributed by atoms with Gasteiger partial charge < -0.3 is 0 Å². The topological polar surface area (TPSA) is 3.01 Å². The summed E-state index contributed by atoms with van der Waals surface area (Å²) in [6.07, 6.45) is 2.50. The Bertz CT molecular complexity index is 792. The summed E-state index contributed by atoms with van der Waals surface area (Å²) in [6, 6.07) is 13.2. The van der Waals surface area contributed by atoms with Gasteiger partial charge in [0.25, 0.3) is 0 Å². The molecule has 2 aromatic carbocycles. The Hall–Kier alpha value is -1.62. The van der Waals surface area contributed by atoms with Crippen LogP contribution in [0.5, 0.6) is 0 Å². The maximum atomic E-state index is 9.87. The Morgan fingerprint density at radius 1 is 0.917 bits per heavy atom. The first-order valence-corrected chi connectivity index (χ1v) is 9.50. The SMILES string of the molecule is CCCC[N+]1=C(C)c2cccc3cccc1c23.F[P-](F)(F)(F)(F)F. The molecule has 1 aliphatic rings. The average molecular weight is 369 g/mol. The predicted molar refractivity (Wildman–Crippen MR) is 87.0 cm³/mol. The quantitative estimate of drug-likeness (QED) is 0.300. The van der Waals surface area contributed by atoms with E-state index in [9.17, 15) is 25.2 Å². The standard InChI is InChI=1S/C16H18N.F6P/c1-3-4-11-17-12(2)14-9-5-7-13-8-6-10-15(17)16(13)14;1-7(2,3,4,5)6/h5-10H,3-4,11H2,1-2H3;/q+1;-1. The third-order valence-electron chi connectivity index (χ3n) is 3.70. The summed E-state index contributed by atoms with van der Waals surface area (Å²) in [5.41, 5.74) is 4.21. The summed E-state index contributed by atoms with van der Waals surface area (Å²) < 4.78 is 61.7. The Kier molecular flexibility index (Phi) is 4.25. The molecule has 1 heterocycles. The molecule has 0 amide bonds. The molecule has 0 aromatic heterocycles. The van der Waals surface area contributed by atoms with E-state index >= 15 is 0 Å². The summed E-state index contributed by atoms with van der Waals surface area (Å²) in [4.78, 5) is 0.